The topological polar surface area (TPSA) is 47.8 Å². The van der Waals surface area contributed by atoms with Crippen LogP contribution in [0.1, 0.15) is 0 Å². The Hall–Kier alpha value is -1.49. The summed E-state index contributed by atoms with van der Waals surface area (Å²) in [6.07, 6.45) is 5.35. The minimum atomic E-state index is -1.07. The molecule has 0 saturated heterocycles. The molecule has 2 aromatic heterocycles. The third-order valence-electron chi connectivity index (χ3n) is 1.79. The van der Waals surface area contributed by atoms with Crippen LogP contribution in [0.5, 0.6) is 0 Å². The van der Waals surface area contributed by atoms with Crippen LogP contribution < -0.4 is 0 Å². The third-order valence-corrected chi connectivity index (χ3v) is 2.60. The predicted molar refractivity (Wildman–Crippen MR) is 53.7 cm³/mol. The maximum atomic E-state index is 11.0. The van der Waals surface area contributed by atoms with Crippen molar-refractivity contribution in [3.63, 3.8) is 0 Å². The number of nitrogens with zero attached hydrogens (tertiary/aromatic N) is 3. The van der Waals surface area contributed by atoms with Crippen molar-refractivity contribution in [2.75, 3.05) is 6.26 Å². The van der Waals surface area contributed by atoms with E-state index in [0.29, 0.717) is 5.03 Å². The molecule has 0 aliphatic rings. The average molecular weight is 207 g/mol. The highest BCUT2D eigenvalue weighted by molar-refractivity contribution is 7.84. The van der Waals surface area contributed by atoms with Crippen LogP contribution in [-0.2, 0) is 10.8 Å². The van der Waals surface area contributed by atoms with Gasteiger partial charge in [0, 0.05) is 18.6 Å². The van der Waals surface area contributed by atoms with Crippen LogP contribution in [0.15, 0.2) is 41.7 Å². The van der Waals surface area contributed by atoms with Gasteiger partial charge < -0.3 is 4.57 Å². The van der Waals surface area contributed by atoms with Crippen molar-refractivity contribution in [1.82, 2.24) is 14.8 Å². The maximum absolute atomic E-state index is 11.0. The third kappa shape index (κ3) is 1.72. The monoisotopic (exact) mass is 207 g/mol. The molecule has 0 radical (unpaired) electrons. The zero-order chi connectivity index (χ0) is 9.97. The van der Waals surface area contributed by atoms with E-state index in [4.69, 9.17) is 0 Å². The van der Waals surface area contributed by atoms with E-state index in [9.17, 15) is 4.21 Å². The lowest BCUT2D eigenvalue weighted by atomic mass is 10.5. The fourth-order valence-electron chi connectivity index (χ4n) is 1.09. The number of hydrogen-bond acceptors (Lipinski definition) is 3. The molecule has 2 heterocycles. The van der Waals surface area contributed by atoms with Gasteiger partial charge in [0.1, 0.15) is 5.03 Å². The van der Waals surface area contributed by atoms with E-state index >= 15 is 0 Å². The second kappa shape index (κ2) is 3.71. The fourth-order valence-corrected chi connectivity index (χ4v) is 1.51. The lowest BCUT2D eigenvalue weighted by Crippen LogP contribution is -2.00. The highest BCUT2D eigenvalue weighted by Crippen LogP contribution is 2.05. The summed E-state index contributed by atoms with van der Waals surface area (Å²) in [4.78, 5) is 0. The molecule has 0 spiro atoms. The SMILES string of the molecule is C[S@](=O)c1ccc(-n2cccc2)nn1. The van der Waals surface area contributed by atoms with Crippen molar-refractivity contribution in [1.29, 1.82) is 0 Å². The van der Waals surface area contributed by atoms with Gasteiger partial charge >= 0.3 is 0 Å². The summed E-state index contributed by atoms with van der Waals surface area (Å²) in [5.41, 5.74) is 0. The molecular formula is C9H9N3OS. The molecule has 0 amide bonds. The van der Waals surface area contributed by atoms with Gasteiger partial charge in [-0.05, 0) is 24.3 Å². The van der Waals surface area contributed by atoms with E-state index in [-0.39, 0.29) is 0 Å². The van der Waals surface area contributed by atoms with Crippen LogP contribution >= 0.6 is 0 Å². The summed E-state index contributed by atoms with van der Waals surface area (Å²) < 4.78 is 12.9. The normalized spacial score (nSPS) is 12.6. The molecule has 0 N–H and O–H groups in total. The van der Waals surface area contributed by atoms with Crippen LogP contribution in [0.3, 0.4) is 0 Å². The summed E-state index contributed by atoms with van der Waals surface area (Å²) in [5, 5.41) is 8.33. The van der Waals surface area contributed by atoms with Gasteiger partial charge in [-0.1, -0.05) is 0 Å². The highest BCUT2D eigenvalue weighted by Gasteiger charge is 2.01. The van der Waals surface area contributed by atoms with Crippen molar-refractivity contribution in [3.05, 3.63) is 36.7 Å². The van der Waals surface area contributed by atoms with Crippen molar-refractivity contribution < 1.29 is 4.21 Å². The number of aromatic nitrogens is 3. The van der Waals surface area contributed by atoms with Crippen molar-refractivity contribution in [3.8, 4) is 5.82 Å². The lowest BCUT2D eigenvalue weighted by molar-refractivity contribution is 0.681. The average Bonchev–Trinajstić information content (AvgIpc) is 2.71. The highest BCUT2D eigenvalue weighted by atomic mass is 32.2. The Kier molecular flexibility index (Phi) is 2.41. The van der Waals surface area contributed by atoms with E-state index in [0.717, 1.165) is 5.82 Å². The molecule has 2 rings (SSSR count). The number of hydrogen-bond donors (Lipinski definition) is 0. The molecule has 0 aromatic carbocycles. The molecule has 0 unspecified atom stereocenters. The van der Waals surface area contributed by atoms with Gasteiger partial charge in [0.15, 0.2) is 5.82 Å². The van der Waals surface area contributed by atoms with Gasteiger partial charge in [0.05, 0.1) is 10.8 Å². The van der Waals surface area contributed by atoms with Gasteiger partial charge in [-0.25, -0.2) is 0 Å². The second-order valence-electron chi connectivity index (χ2n) is 2.77. The summed E-state index contributed by atoms with van der Waals surface area (Å²) in [6, 6.07) is 7.34. The van der Waals surface area contributed by atoms with Crippen LogP contribution in [0, 0.1) is 0 Å². The van der Waals surface area contributed by atoms with Crippen LogP contribution in [0.25, 0.3) is 5.82 Å². The molecule has 0 aliphatic carbocycles. The summed E-state index contributed by atoms with van der Waals surface area (Å²) in [5.74, 6) is 0.726. The minimum Gasteiger partial charge on any atom is -0.307 e. The first-order valence-electron chi connectivity index (χ1n) is 4.08. The molecule has 1 atom stereocenters. The van der Waals surface area contributed by atoms with Gasteiger partial charge in [0.2, 0.25) is 0 Å². The van der Waals surface area contributed by atoms with E-state index in [1.165, 1.54) is 0 Å². The smallest absolute Gasteiger partial charge is 0.159 e. The predicted octanol–water partition coefficient (Wildman–Crippen LogP) is 1.00. The van der Waals surface area contributed by atoms with E-state index < -0.39 is 10.8 Å². The summed E-state index contributed by atoms with van der Waals surface area (Å²) in [7, 11) is -1.07. The van der Waals surface area contributed by atoms with E-state index in [2.05, 4.69) is 10.2 Å². The first-order valence-corrected chi connectivity index (χ1v) is 5.64. The van der Waals surface area contributed by atoms with Gasteiger partial charge in [-0.2, -0.15) is 0 Å². The molecule has 14 heavy (non-hydrogen) atoms. The molecule has 4 nitrogen and oxygen atoms in total. The maximum Gasteiger partial charge on any atom is 0.159 e. The summed E-state index contributed by atoms with van der Waals surface area (Å²) >= 11 is 0. The van der Waals surface area contributed by atoms with Crippen molar-refractivity contribution >= 4 is 10.8 Å². The van der Waals surface area contributed by atoms with E-state index in [1.54, 1.807) is 18.4 Å². The molecule has 0 aliphatic heterocycles. The lowest BCUT2D eigenvalue weighted by Gasteiger charge is -2.00. The van der Waals surface area contributed by atoms with Gasteiger partial charge in [-0.3, -0.25) is 4.21 Å². The first kappa shape index (κ1) is 9.08. The second-order valence-corrected chi connectivity index (χ2v) is 4.10. The Morgan fingerprint density at radius 2 is 1.93 bits per heavy atom. The Labute approximate surface area is 84.1 Å². The molecule has 0 saturated carbocycles. The Morgan fingerprint density at radius 3 is 2.43 bits per heavy atom. The molecule has 5 heteroatoms. The molecule has 2 aromatic rings. The standard InChI is InChI=1S/C9H9N3OS/c1-14(13)9-5-4-8(10-11-9)12-6-2-3-7-12/h2-7H,1H3/t14-/m0/s1. The molecule has 0 fully saturated rings. The molecule has 72 valence electrons. The van der Waals surface area contributed by atoms with E-state index in [1.807, 2.05) is 29.1 Å². The van der Waals surface area contributed by atoms with Crippen molar-refractivity contribution in [2.24, 2.45) is 0 Å². The van der Waals surface area contributed by atoms with Crippen molar-refractivity contribution in [2.45, 2.75) is 5.03 Å². The molecule has 0 bridgehead atoms. The largest absolute Gasteiger partial charge is 0.307 e. The molecular weight excluding hydrogens is 198 g/mol. The van der Waals surface area contributed by atoms with Crippen LogP contribution in [0.2, 0.25) is 0 Å². The first-order chi connectivity index (χ1) is 6.77. The fraction of sp³-hybridized carbons (Fsp3) is 0.111. The summed E-state index contributed by atoms with van der Waals surface area (Å²) in [6.45, 7) is 0. The Morgan fingerprint density at radius 1 is 1.21 bits per heavy atom. The number of rotatable bonds is 2. The zero-order valence-electron chi connectivity index (χ0n) is 7.62. The zero-order valence-corrected chi connectivity index (χ0v) is 8.44. The van der Waals surface area contributed by atoms with Gasteiger partial charge in [0.25, 0.3) is 0 Å². The Balaban J connectivity index is 2.36. The minimum absolute atomic E-state index is 0.501. The van der Waals surface area contributed by atoms with Gasteiger partial charge in [-0.15, -0.1) is 10.2 Å². The van der Waals surface area contributed by atoms with Crippen LogP contribution in [0.4, 0.5) is 0 Å². The Bertz CT molecular complexity index is 436. The quantitative estimate of drug-likeness (QED) is 0.738. The van der Waals surface area contributed by atoms with Crippen LogP contribution in [-0.4, -0.2) is 25.2 Å².